The maximum absolute atomic E-state index is 12.6. The highest BCUT2D eigenvalue weighted by Crippen LogP contribution is 2.29. The lowest BCUT2D eigenvalue weighted by Crippen LogP contribution is -2.36. The van der Waals surface area contributed by atoms with Gasteiger partial charge in [-0.2, -0.15) is 5.10 Å². The van der Waals surface area contributed by atoms with E-state index in [0.717, 1.165) is 28.9 Å². The van der Waals surface area contributed by atoms with Crippen molar-refractivity contribution in [2.24, 2.45) is 0 Å². The first kappa shape index (κ1) is 14.9. The molecule has 0 unspecified atom stereocenters. The normalized spacial score (nSPS) is 13.6. The maximum atomic E-state index is 12.6. The first-order valence-electron chi connectivity index (χ1n) is 7.75. The molecular weight excluding hydrogens is 324 g/mol. The zero-order valence-corrected chi connectivity index (χ0v) is 13.6. The number of nitrogens with one attached hydrogen (secondary N) is 1. The van der Waals surface area contributed by atoms with Gasteiger partial charge in [0.15, 0.2) is 0 Å². The van der Waals surface area contributed by atoms with Crippen molar-refractivity contribution >= 4 is 17.5 Å². The molecule has 0 radical (unpaired) electrons. The van der Waals surface area contributed by atoms with Crippen LogP contribution in [0.3, 0.4) is 0 Å². The van der Waals surface area contributed by atoms with Crippen LogP contribution < -0.4 is 0 Å². The molecule has 4 rings (SSSR count). The van der Waals surface area contributed by atoms with Crippen LogP contribution in [0.5, 0.6) is 0 Å². The van der Waals surface area contributed by atoms with Crippen LogP contribution in [0.15, 0.2) is 48.7 Å². The Labute approximate surface area is 144 Å². The van der Waals surface area contributed by atoms with Crippen molar-refractivity contribution in [2.75, 3.05) is 6.54 Å². The smallest absolute Gasteiger partial charge is 0.272 e. The highest BCUT2D eigenvalue weighted by molar-refractivity contribution is 6.30. The van der Waals surface area contributed by atoms with Crippen molar-refractivity contribution in [3.63, 3.8) is 0 Å². The molecule has 24 heavy (non-hydrogen) atoms. The highest BCUT2D eigenvalue weighted by atomic mass is 35.5. The van der Waals surface area contributed by atoms with E-state index in [0.29, 0.717) is 23.8 Å². The van der Waals surface area contributed by atoms with Gasteiger partial charge in [0.25, 0.3) is 5.91 Å². The molecule has 0 spiro atoms. The fourth-order valence-corrected chi connectivity index (χ4v) is 3.09. The Kier molecular flexibility index (Phi) is 3.78. The summed E-state index contributed by atoms with van der Waals surface area (Å²) in [5.74, 6) is -0.0514. The van der Waals surface area contributed by atoms with Crippen LogP contribution in [-0.4, -0.2) is 32.5 Å². The summed E-state index contributed by atoms with van der Waals surface area (Å²) < 4.78 is 0. The van der Waals surface area contributed by atoms with Gasteiger partial charge in [0.2, 0.25) is 0 Å². The number of H-pyrrole nitrogens is 1. The number of amides is 1. The van der Waals surface area contributed by atoms with Gasteiger partial charge in [-0.15, -0.1) is 0 Å². The molecule has 120 valence electrons. The summed E-state index contributed by atoms with van der Waals surface area (Å²) in [5.41, 5.74) is 4.49. The molecule has 2 aromatic heterocycles. The Morgan fingerprint density at radius 2 is 2.00 bits per heavy atom. The monoisotopic (exact) mass is 338 g/mol. The minimum atomic E-state index is -0.0514. The number of halogens is 1. The van der Waals surface area contributed by atoms with Crippen LogP contribution in [-0.2, 0) is 13.0 Å². The molecule has 0 aliphatic carbocycles. The van der Waals surface area contributed by atoms with Crippen molar-refractivity contribution in [2.45, 2.75) is 13.0 Å². The first-order chi connectivity index (χ1) is 11.7. The van der Waals surface area contributed by atoms with E-state index in [9.17, 15) is 4.79 Å². The molecule has 1 aliphatic rings. The Morgan fingerprint density at radius 1 is 1.17 bits per heavy atom. The van der Waals surface area contributed by atoms with Gasteiger partial charge in [0, 0.05) is 41.0 Å². The van der Waals surface area contributed by atoms with E-state index < -0.39 is 0 Å². The number of aromatic nitrogens is 3. The van der Waals surface area contributed by atoms with E-state index in [1.807, 2.05) is 35.2 Å². The molecule has 0 atom stereocenters. The highest BCUT2D eigenvalue weighted by Gasteiger charge is 2.26. The van der Waals surface area contributed by atoms with Gasteiger partial charge in [0.05, 0.1) is 12.2 Å². The molecule has 6 heteroatoms. The standard InChI is InChI=1S/C18H15ClN4O/c19-13-6-4-12(5-7-13)17-14-11-23(10-8-15(14)21-22-17)18(24)16-3-1-2-9-20-16/h1-7,9H,8,10-11H2,(H,21,22). The Hall–Kier alpha value is -2.66. The number of rotatable bonds is 2. The van der Waals surface area contributed by atoms with Crippen LogP contribution in [0.4, 0.5) is 0 Å². The molecule has 5 nitrogen and oxygen atoms in total. The zero-order valence-electron chi connectivity index (χ0n) is 12.9. The summed E-state index contributed by atoms with van der Waals surface area (Å²) in [6.07, 6.45) is 2.40. The molecule has 0 fully saturated rings. The summed E-state index contributed by atoms with van der Waals surface area (Å²) >= 11 is 5.96. The summed E-state index contributed by atoms with van der Waals surface area (Å²) in [6, 6.07) is 12.9. The van der Waals surface area contributed by atoms with Gasteiger partial charge in [0.1, 0.15) is 5.69 Å². The van der Waals surface area contributed by atoms with Gasteiger partial charge in [-0.1, -0.05) is 29.8 Å². The summed E-state index contributed by atoms with van der Waals surface area (Å²) in [7, 11) is 0. The molecule has 0 saturated heterocycles. The van der Waals surface area contributed by atoms with E-state index in [4.69, 9.17) is 11.6 Å². The molecule has 3 heterocycles. The molecular formula is C18H15ClN4O. The molecule has 1 aliphatic heterocycles. The summed E-state index contributed by atoms with van der Waals surface area (Å²) in [6.45, 7) is 1.18. The number of nitrogens with zero attached hydrogens (tertiary/aromatic N) is 3. The van der Waals surface area contributed by atoms with E-state index in [1.165, 1.54) is 0 Å². The zero-order chi connectivity index (χ0) is 16.5. The molecule has 0 saturated carbocycles. The van der Waals surface area contributed by atoms with Crippen LogP contribution in [0.1, 0.15) is 21.7 Å². The third-order valence-electron chi connectivity index (χ3n) is 4.22. The fourth-order valence-electron chi connectivity index (χ4n) is 2.97. The number of hydrogen-bond donors (Lipinski definition) is 1. The Morgan fingerprint density at radius 3 is 2.75 bits per heavy atom. The molecule has 1 amide bonds. The Balaban J connectivity index is 1.64. The SMILES string of the molecule is O=C(c1ccccn1)N1CCc2[nH]nc(-c3ccc(Cl)cc3)c2C1. The molecule has 0 bridgehead atoms. The summed E-state index contributed by atoms with van der Waals surface area (Å²) in [5, 5.41) is 8.23. The largest absolute Gasteiger partial charge is 0.332 e. The number of hydrogen-bond acceptors (Lipinski definition) is 3. The topological polar surface area (TPSA) is 61.9 Å². The second kappa shape index (κ2) is 6.09. The molecule has 1 N–H and O–H groups in total. The third-order valence-corrected chi connectivity index (χ3v) is 4.47. The molecule has 1 aromatic carbocycles. The fraction of sp³-hybridized carbons (Fsp3) is 0.167. The third kappa shape index (κ3) is 2.67. The maximum Gasteiger partial charge on any atom is 0.272 e. The van der Waals surface area contributed by atoms with Crippen LogP contribution >= 0.6 is 11.6 Å². The first-order valence-corrected chi connectivity index (χ1v) is 8.12. The van der Waals surface area contributed by atoms with Gasteiger partial charge < -0.3 is 4.90 Å². The second-order valence-electron chi connectivity index (χ2n) is 5.73. The van der Waals surface area contributed by atoms with Crippen molar-refractivity contribution in [3.05, 3.63) is 70.6 Å². The van der Waals surface area contributed by atoms with Gasteiger partial charge in [-0.3, -0.25) is 14.9 Å². The minimum absolute atomic E-state index is 0.0514. The number of carbonyl (C=O) groups excluding carboxylic acids is 1. The number of aromatic amines is 1. The van der Waals surface area contributed by atoms with E-state index >= 15 is 0 Å². The van der Waals surface area contributed by atoms with Crippen molar-refractivity contribution in [3.8, 4) is 11.3 Å². The summed E-state index contributed by atoms with van der Waals surface area (Å²) in [4.78, 5) is 18.6. The second-order valence-corrected chi connectivity index (χ2v) is 6.16. The predicted molar refractivity (Wildman–Crippen MR) is 91.7 cm³/mol. The van der Waals surface area contributed by atoms with Gasteiger partial charge in [-0.25, -0.2) is 0 Å². The van der Waals surface area contributed by atoms with Crippen molar-refractivity contribution in [1.29, 1.82) is 0 Å². The van der Waals surface area contributed by atoms with Crippen LogP contribution in [0.25, 0.3) is 11.3 Å². The number of carbonyl (C=O) groups is 1. The van der Waals surface area contributed by atoms with Crippen molar-refractivity contribution < 1.29 is 4.79 Å². The lowest BCUT2D eigenvalue weighted by molar-refractivity contribution is 0.0728. The number of fused-ring (bicyclic) bond motifs is 1. The quantitative estimate of drug-likeness (QED) is 0.779. The average Bonchev–Trinajstić information content (AvgIpc) is 3.05. The number of pyridine rings is 1. The lowest BCUT2D eigenvalue weighted by atomic mass is 10.0. The minimum Gasteiger partial charge on any atom is -0.332 e. The average molecular weight is 339 g/mol. The lowest BCUT2D eigenvalue weighted by Gasteiger charge is -2.27. The van der Waals surface area contributed by atoms with E-state index in [2.05, 4.69) is 15.2 Å². The van der Waals surface area contributed by atoms with Crippen molar-refractivity contribution in [1.82, 2.24) is 20.1 Å². The van der Waals surface area contributed by atoms with E-state index in [-0.39, 0.29) is 5.91 Å². The number of benzene rings is 1. The van der Waals surface area contributed by atoms with E-state index in [1.54, 1.807) is 18.3 Å². The van der Waals surface area contributed by atoms with Crippen LogP contribution in [0.2, 0.25) is 5.02 Å². The Bertz CT molecular complexity index is 874. The predicted octanol–water partition coefficient (Wildman–Crippen LogP) is 3.32. The molecule has 3 aromatic rings. The van der Waals surface area contributed by atoms with Crippen LogP contribution in [0, 0.1) is 0 Å². The van der Waals surface area contributed by atoms with Gasteiger partial charge >= 0.3 is 0 Å². The van der Waals surface area contributed by atoms with Gasteiger partial charge in [-0.05, 0) is 24.3 Å².